The van der Waals surface area contributed by atoms with E-state index in [-0.39, 0.29) is 18.0 Å². The van der Waals surface area contributed by atoms with E-state index in [2.05, 4.69) is 16.0 Å². The summed E-state index contributed by atoms with van der Waals surface area (Å²) >= 11 is 0. The predicted molar refractivity (Wildman–Crippen MR) is 65.7 cm³/mol. The molecule has 3 amide bonds. The average molecular weight is 242 g/mol. The first kappa shape index (κ1) is 13.8. The van der Waals surface area contributed by atoms with Crippen LogP contribution in [0.1, 0.15) is 19.3 Å². The van der Waals surface area contributed by atoms with Gasteiger partial charge in [0.2, 0.25) is 5.91 Å². The summed E-state index contributed by atoms with van der Waals surface area (Å²) in [6.07, 6.45) is 2.97. The lowest BCUT2D eigenvalue weighted by molar-refractivity contribution is -0.122. The second-order valence-corrected chi connectivity index (χ2v) is 4.42. The quantitative estimate of drug-likeness (QED) is 0.583. The second kappa shape index (κ2) is 7.11. The minimum absolute atomic E-state index is 0.0708. The summed E-state index contributed by atoms with van der Waals surface area (Å²) in [4.78, 5) is 24.3. The Morgan fingerprint density at radius 2 is 2.18 bits per heavy atom. The third kappa shape index (κ3) is 5.04. The van der Waals surface area contributed by atoms with E-state index in [1.54, 1.807) is 14.1 Å². The molecule has 1 atom stereocenters. The van der Waals surface area contributed by atoms with Crippen LogP contribution in [-0.4, -0.2) is 56.6 Å². The molecular weight excluding hydrogens is 220 g/mol. The van der Waals surface area contributed by atoms with Crippen molar-refractivity contribution >= 4 is 11.9 Å². The normalized spacial score (nSPS) is 20.4. The number of nitrogens with one attached hydrogen (secondary N) is 3. The zero-order valence-electron chi connectivity index (χ0n) is 10.6. The van der Waals surface area contributed by atoms with Gasteiger partial charge in [-0.3, -0.25) is 4.79 Å². The average Bonchev–Trinajstić information content (AvgIpc) is 2.49. The molecule has 1 heterocycles. The Hall–Kier alpha value is -1.30. The minimum atomic E-state index is -0.117. The summed E-state index contributed by atoms with van der Waals surface area (Å²) in [5.41, 5.74) is 0. The van der Waals surface area contributed by atoms with Gasteiger partial charge < -0.3 is 20.9 Å². The van der Waals surface area contributed by atoms with Gasteiger partial charge in [0.1, 0.15) is 0 Å². The smallest absolute Gasteiger partial charge is 0.316 e. The summed E-state index contributed by atoms with van der Waals surface area (Å²) in [6, 6.07) is -0.231. The van der Waals surface area contributed by atoms with Gasteiger partial charge in [-0.15, -0.1) is 0 Å². The van der Waals surface area contributed by atoms with E-state index in [0.29, 0.717) is 13.1 Å². The molecule has 0 spiro atoms. The Kier molecular flexibility index (Phi) is 5.76. The number of carbonyl (C=O) groups excluding carboxylic acids is 2. The Morgan fingerprint density at radius 3 is 2.88 bits per heavy atom. The van der Waals surface area contributed by atoms with E-state index in [4.69, 9.17) is 0 Å². The third-order valence-corrected chi connectivity index (χ3v) is 2.73. The van der Waals surface area contributed by atoms with Gasteiger partial charge >= 0.3 is 6.03 Å². The van der Waals surface area contributed by atoms with Gasteiger partial charge in [0.25, 0.3) is 0 Å². The Labute approximate surface area is 102 Å². The van der Waals surface area contributed by atoms with E-state index in [9.17, 15) is 9.59 Å². The van der Waals surface area contributed by atoms with Crippen LogP contribution in [0.3, 0.4) is 0 Å². The largest absolute Gasteiger partial charge is 0.355 e. The number of hydrogen-bond donors (Lipinski definition) is 3. The summed E-state index contributed by atoms with van der Waals surface area (Å²) < 4.78 is 0. The van der Waals surface area contributed by atoms with E-state index >= 15 is 0 Å². The van der Waals surface area contributed by atoms with Crippen LogP contribution in [0.15, 0.2) is 0 Å². The molecule has 17 heavy (non-hydrogen) atoms. The molecule has 0 aromatic rings. The monoisotopic (exact) mass is 242 g/mol. The maximum absolute atomic E-state index is 11.6. The summed E-state index contributed by atoms with van der Waals surface area (Å²) in [5, 5.41) is 8.77. The number of rotatable bonds is 4. The van der Waals surface area contributed by atoms with Crippen molar-refractivity contribution in [2.75, 3.05) is 33.7 Å². The zero-order chi connectivity index (χ0) is 12.7. The second-order valence-electron chi connectivity index (χ2n) is 4.42. The Balaban J connectivity index is 2.16. The van der Waals surface area contributed by atoms with E-state index < -0.39 is 0 Å². The fourth-order valence-electron chi connectivity index (χ4n) is 1.71. The molecule has 0 saturated carbocycles. The first-order valence-electron chi connectivity index (χ1n) is 6.07. The Morgan fingerprint density at radius 1 is 1.41 bits per heavy atom. The van der Waals surface area contributed by atoms with Gasteiger partial charge in [0, 0.05) is 33.7 Å². The highest BCUT2D eigenvalue weighted by Crippen LogP contribution is 2.04. The van der Waals surface area contributed by atoms with Crippen molar-refractivity contribution in [2.24, 2.45) is 0 Å². The highest BCUT2D eigenvalue weighted by Gasteiger charge is 2.19. The fourth-order valence-corrected chi connectivity index (χ4v) is 1.71. The van der Waals surface area contributed by atoms with E-state index in [1.165, 1.54) is 4.90 Å². The first-order chi connectivity index (χ1) is 8.11. The molecule has 98 valence electrons. The molecule has 1 aliphatic rings. The van der Waals surface area contributed by atoms with Crippen LogP contribution in [0.5, 0.6) is 0 Å². The van der Waals surface area contributed by atoms with Crippen molar-refractivity contribution in [1.82, 2.24) is 20.9 Å². The topological polar surface area (TPSA) is 73.5 Å². The molecule has 0 aliphatic carbocycles. The summed E-state index contributed by atoms with van der Waals surface area (Å²) in [7, 11) is 3.39. The number of urea groups is 1. The first-order valence-corrected chi connectivity index (χ1v) is 6.07. The van der Waals surface area contributed by atoms with E-state index in [1.807, 2.05) is 0 Å². The maximum atomic E-state index is 11.6. The van der Waals surface area contributed by atoms with Crippen LogP contribution in [0, 0.1) is 0 Å². The fraction of sp³-hybridized carbons (Fsp3) is 0.818. The molecule has 6 heteroatoms. The highest BCUT2D eigenvalue weighted by molar-refractivity contribution is 5.81. The lowest BCUT2D eigenvalue weighted by atomic mass is 10.1. The van der Waals surface area contributed by atoms with Crippen LogP contribution in [0.2, 0.25) is 0 Å². The van der Waals surface area contributed by atoms with Crippen LogP contribution >= 0.6 is 0 Å². The predicted octanol–water partition coefficient (Wildman–Crippen LogP) is -0.484. The zero-order valence-corrected chi connectivity index (χ0v) is 10.6. The van der Waals surface area contributed by atoms with Crippen LogP contribution < -0.4 is 16.0 Å². The number of hydrogen-bond acceptors (Lipinski definition) is 3. The van der Waals surface area contributed by atoms with Gasteiger partial charge in [0.15, 0.2) is 0 Å². The standard InChI is InChI=1S/C11H22N4O2/c1-15(2)11(17)14-8-7-12-9-5-3-4-6-13-10(9)16/h9,12H,3-8H2,1-2H3,(H,13,16)(H,14,17). The lowest BCUT2D eigenvalue weighted by Crippen LogP contribution is -2.46. The van der Waals surface area contributed by atoms with Gasteiger partial charge in [-0.1, -0.05) is 0 Å². The van der Waals surface area contributed by atoms with Crippen molar-refractivity contribution in [3.8, 4) is 0 Å². The number of carbonyl (C=O) groups is 2. The molecule has 0 aromatic carbocycles. The Bertz CT molecular complexity index is 268. The van der Waals surface area contributed by atoms with Gasteiger partial charge in [-0.05, 0) is 19.3 Å². The molecule has 3 N–H and O–H groups in total. The van der Waals surface area contributed by atoms with Crippen LogP contribution in [0.4, 0.5) is 4.79 Å². The molecule has 1 rings (SSSR count). The maximum Gasteiger partial charge on any atom is 0.316 e. The molecular formula is C11H22N4O2. The molecule has 1 aliphatic heterocycles. The number of nitrogens with zero attached hydrogens (tertiary/aromatic N) is 1. The molecule has 0 radical (unpaired) electrons. The third-order valence-electron chi connectivity index (χ3n) is 2.73. The van der Waals surface area contributed by atoms with Crippen molar-refractivity contribution in [3.63, 3.8) is 0 Å². The molecule has 6 nitrogen and oxygen atoms in total. The van der Waals surface area contributed by atoms with Gasteiger partial charge in [-0.2, -0.15) is 0 Å². The number of amides is 3. The van der Waals surface area contributed by atoms with E-state index in [0.717, 1.165) is 25.8 Å². The van der Waals surface area contributed by atoms with Crippen molar-refractivity contribution < 1.29 is 9.59 Å². The minimum Gasteiger partial charge on any atom is -0.355 e. The molecule has 0 aromatic heterocycles. The molecule has 1 fully saturated rings. The van der Waals surface area contributed by atoms with Gasteiger partial charge in [-0.25, -0.2) is 4.79 Å². The molecule has 1 saturated heterocycles. The summed E-state index contributed by atoms with van der Waals surface area (Å²) in [6.45, 7) is 1.91. The SMILES string of the molecule is CN(C)C(=O)NCCNC1CCCCNC1=O. The molecule has 0 bridgehead atoms. The summed E-state index contributed by atoms with van der Waals surface area (Å²) in [5.74, 6) is 0.0708. The highest BCUT2D eigenvalue weighted by atomic mass is 16.2. The van der Waals surface area contributed by atoms with Crippen molar-refractivity contribution in [2.45, 2.75) is 25.3 Å². The van der Waals surface area contributed by atoms with Crippen molar-refractivity contribution in [3.05, 3.63) is 0 Å². The van der Waals surface area contributed by atoms with Gasteiger partial charge in [0.05, 0.1) is 6.04 Å². The van der Waals surface area contributed by atoms with Crippen molar-refractivity contribution in [1.29, 1.82) is 0 Å². The molecule has 1 unspecified atom stereocenters. The lowest BCUT2D eigenvalue weighted by Gasteiger charge is -2.16. The van der Waals surface area contributed by atoms with Crippen LogP contribution in [0.25, 0.3) is 0 Å². The van der Waals surface area contributed by atoms with Crippen LogP contribution in [-0.2, 0) is 4.79 Å².